The second kappa shape index (κ2) is 10.4. The van der Waals surface area contributed by atoms with E-state index in [9.17, 15) is 18.4 Å². The SMILES string of the molecule is COCC(CC(=O)NN(O)C[C@@H](C)S(=O)(=O)c1ccc(OC)cc1)OC. The summed E-state index contributed by atoms with van der Waals surface area (Å²) in [5.74, 6) is 0.0156. The molecule has 2 N–H and O–H groups in total. The van der Waals surface area contributed by atoms with E-state index < -0.39 is 27.1 Å². The zero-order chi connectivity index (χ0) is 19.7. The molecule has 0 saturated heterocycles. The van der Waals surface area contributed by atoms with Gasteiger partial charge in [0, 0.05) is 14.2 Å². The molecule has 0 aliphatic carbocycles. The van der Waals surface area contributed by atoms with Crippen LogP contribution in [-0.4, -0.2) is 70.5 Å². The lowest BCUT2D eigenvalue weighted by Gasteiger charge is -2.21. The molecule has 1 aromatic carbocycles. The number of hydrazine groups is 1. The minimum absolute atomic E-state index is 0.0407. The molecular formula is C16H26N2O7S. The zero-order valence-corrected chi connectivity index (χ0v) is 16.2. The van der Waals surface area contributed by atoms with E-state index in [2.05, 4.69) is 5.43 Å². The first-order chi connectivity index (χ1) is 12.2. The Morgan fingerprint density at radius 1 is 1.23 bits per heavy atom. The van der Waals surface area contributed by atoms with Crippen molar-refractivity contribution in [3.05, 3.63) is 24.3 Å². The first kappa shape index (κ1) is 22.3. The van der Waals surface area contributed by atoms with Gasteiger partial charge in [0.05, 0.1) is 42.9 Å². The lowest BCUT2D eigenvalue weighted by molar-refractivity contribution is -0.162. The Bertz CT molecular complexity index is 664. The van der Waals surface area contributed by atoms with Gasteiger partial charge in [0.25, 0.3) is 0 Å². The molecule has 0 saturated carbocycles. The molecule has 0 aliphatic heterocycles. The number of hydroxylamine groups is 1. The molecule has 1 rings (SSSR count). The van der Waals surface area contributed by atoms with E-state index in [1.165, 1.54) is 40.4 Å². The molecule has 0 aromatic heterocycles. The number of hydrogen-bond donors (Lipinski definition) is 2. The van der Waals surface area contributed by atoms with Gasteiger partial charge < -0.3 is 14.2 Å². The van der Waals surface area contributed by atoms with Crippen molar-refractivity contribution in [1.29, 1.82) is 0 Å². The molecule has 0 bridgehead atoms. The fourth-order valence-corrected chi connectivity index (χ4v) is 3.50. The molecule has 1 aromatic rings. The van der Waals surface area contributed by atoms with Crippen LogP contribution in [-0.2, 0) is 24.1 Å². The van der Waals surface area contributed by atoms with Crippen LogP contribution >= 0.6 is 0 Å². The average molecular weight is 390 g/mol. The van der Waals surface area contributed by atoms with Gasteiger partial charge in [0.2, 0.25) is 5.91 Å². The van der Waals surface area contributed by atoms with E-state index in [1.54, 1.807) is 12.1 Å². The van der Waals surface area contributed by atoms with Gasteiger partial charge in [0.1, 0.15) is 5.75 Å². The maximum Gasteiger partial charge on any atom is 0.238 e. The molecule has 0 radical (unpaired) electrons. The largest absolute Gasteiger partial charge is 0.497 e. The number of methoxy groups -OCH3 is 3. The number of nitrogens with zero attached hydrogens (tertiary/aromatic N) is 1. The number of sulfone groups is 1. The molecule has 148 valence electrons. The summed E-state index contributed by atoms with van der Waals surface area (Å²) in [5.41, 5.74) is 2.21. The van der Waals surface area contributed by atoms with Crippen molar-refractivity contribution in [3.8, 4) is 5.75 Å². The Kier molecular flexibility index (Phi) is 8.96. The number of carbonyl (C=O) groups excluding carboxylic acids is 1. The van der Waals surface area contributed by atoms with Crippen LogP contribution in [0.4, 0.5) is 0 Å². The molecular weight excluding hydrogens is 364 g/mol. The molecule has 0 aliphatic rings. The molecule has 1 amide bonds. The normalized spacial score (nSPS) is 14.1. The third-order valence-corrected chi connectivity index (χ3v) is 5.84. The first-order valence-corrected chi connectivity index (χ1v) is 9.44. The second-order valence-corrected chi connectivity index (χ2v) is 8.03. The van der Waals surface area contributed by atoms with Gasteiger partial charge in [-0.15, -0.1) is 5.17 Å². The van der Waals surface area contributed by atoms with E-state index >= 15 is 0 Å². The number of benzene rings is 1. The van der Waals surface area contributed by atoms with Crippen LogP contribution in [0.5, 0.6) is 5.75 Å². The standard InChI is InChI=1S/C16H26N2O7S/c1-12(26(21,22)15-7-5-13(24-3)6-8-15)10-18(20)17-16(19)9-14(25-4)11-23-2/h5-8,12,14,20H,9-11H2,1-4H3,(H,17,19)/t12-,14?/m1/s1. The van der Waals surface area contributed by atoms with Gasteiger partial charge >= 0.3 is 0 Å². The number of amides is 1. The van der Waals surface area contributed by atoms with Crippen molar-refractivity contribution in [2.45, 2.75) is 29.6 Å². The Hall–Kier alpha value is -1.72. The molecule has 10 heteroatoms. The highest BCUT2D eigenvalue weighted by molar-refractivity contribution is 7.92. The summed E-state index contributed by atoms with van der Waals surface area (Å²) in [6.07, 6.45) is -0.505. The van der Waals surface area contributed by atoms with Crippen LogP contribution in [0, 0.1) is 0 Å². The minimum atomic E-state index is -3.68. The summed E-state index contributed by atoms with van der Waals surface area (Å²) in [7, 11) is 0.723. The van der Waals surface area contributed by atoms with E-state index in [0.717, 1.165) is 0 Å². The predicted octanol–water partition coefficient (Wildman–Crippen LogP) is 0.631. The van der Waals surface area contributed by atoms with Gasteiger partial charge in [-0.05, 0) is 31.2 Å². The Labute approximate surface area is 153 Å². The highest BCUT2D eigenvalue weighted by Gasteiger charge is 2.26. The number of carbonyl (C=O) groups is 1. The molecule has 0 fully saturated rings. The zero-order valence-electron chi connectivity index (χ0n) is 15.3. The van der Waals surface area contributed by atoms with E-state index in [-0.39, 0.29) is 24.5 Å². The van der Waals surface area contributed by atoms with Crippen LogP contribution in [0.15, 0.2) is 29.2 Å². The van der Waals surface area contributed by atoms with Gasteiger partial charge in [-0.3, -0.25) is 15.4 Å². The fraction of sp³-hybridized carbons (Fsp3) is 0.562. The lowest BCUT2D eigenvalue weighted by atomic mass is 10.2. The first-order valence-electron chi connectivity index (χ1n) is 7.90. The van der Waals surface area contributed by atoms with Gasteiger partial charge in [-0.2, -0.15) is 0 Å². The summed E-state index contributed by atoms with van der Waals surface area (Å²) < 4.78 is 40.0. The number of ether oxygens (including phenoxy) is 3. The van der Waals surface area contributed by atoms with Crippen LogP contribution in [0.1, 0.15) is 13.3 Å². The van der Waals surface area contributed by atoms with Crippen molar-refractivity contribution in [1.82, 2.24) is 10.6 Å². The van der Waals surface area contributed by atoms with Crippen molar-refractivity contribution in [2.24, 2.45) is 0 Å². The van der Waals surface area contributed by atoms with Gasteiger partial charge in [-0.1, -0.05) is 0 Å². The third-order valence-electron chi connectivity index (χ3n) is 3.70. The van der Waals surface area contributed by atoms with Crippen molar-refractivity contribution in [2.75, 3.05) is 34.5 Å². The van der Waals surface area contributed by atoms with Crippen LogP contribution < -0.4 is 10.2 Å². The van der Waals surface area contributed by atoms with Crippen molar-refractivity contribution < 1.29 is 32.6 Å². The number of hydrogen-bond acceptors (Lipinski definition) is 8. The topological polar surface area (TPSA) is 114 Å². The second-order valence-electron chi connectivity index (χ2n) is 5.67. The summed E-state index contributed by atoms with van der Waals surface area (Å²) in [6.45, 7) is 1.36. The predicted molar refractivity (Wildman–Crippen MR) is 93.6 cm³/mol. The molecule has 9 nitrogen and oxygen atoms in total. The summed E-state index contributed by atoms with van der Waals surface area (Å²) >= 11 is 0. The van der Waals surface area contributed by atoms with Gasteiger partial charge in [0.15, 0.2) is 9.84 Å². The van der Waals surface area contributed by atoms with E-state index in [0.29, 0.717) is 10.9 Å². The van der Waals surface area contributed by atoms with Crippen molar-refractivity contribution >= 4 is 15.7 Å². The fourth-order valence-electron chi connectivity index (χ4n) is 2.18. The Morgan fingerprint density at radius 2 is 1.85 bits per heavy atom. The summed E-state index contributed by atoms with van der Waals surface area (Å²) in [4.78, 5) is 12.0. The monoisotopic (exact) mass is 390 g/mol. The quantitative estimate of drug-likeness (QED) is 0.529. The Morgan fingerprint density at radius 3 is 2.35 bits per heavy atom. The number of rotatable bonds is 11. The summed E-state index contributed by atoms with van der Waals surface area (Å²) in [5, 5.41) is 9.35. The maximum atomic E-state index is 12.5. The van der Waals surface area contributed by atoms with Crippen LogP contribution in [0.25, 0.3) is 0 Å². The molecule has 2 atom stereocenters. The molecule has 26 heavy (non-hydrogen) atoms. The minimum Gasteiger partial charge on any atom is -0.497 e. The lowest BCUT2D eigenvalue weighted by Crippen LogP contribution is -2.46. The van der Waals surface area contributed by atoms with Crippen LogP contribution in [0.2, 0.25) is 0 Å². The van der Waals surface area contributed by atoms with Crippen molar-refractivity contribution in [3.63, 3.8) is 0 Å². The molecule has 0 heterocycles. The maximum absolute atomic E-state index is 12.5. The smallest absolute Gasteiger partial charge is 0.238 e. The Balaban J connectivity index is 2.64. The highest BCUT2D eigenvalue weighted by Crippen LogP contribution is 2.20. The highest BCUT2D eigenvalue weighted by atomic mass is 32.2. The average Bonchev–Trinajstić information content (AvgIpc) is 2.60. The van der Waals surface area contributed by atoms with Gasteiger partial charge in [-0.25, -0.2) is 8.42 Å². The molecule has 0 spiro atoms. The molecule has 1 unspecified atom stereocenters. The third kappa shape index (κ3) is 6.54. The number of nitrogens with one attached hydrogen (secondary N) is 1. The van der Waals surface area contributed by atoms with Crippen LogP contribution in [0.3, 0.4) is 0 Å². The van der Waals surface area contributed by atoms with E-state index in [4.69, 9.17) is 14.2 Å². The summed E-state index contributed by atoms with van der Waals surface area (Å²) in [6, 6.07) is 5.94. The van der Waals surface area contributed by atoms with E-state index in [1.807, 2.05) is 0 Å².